The van der Waals surface area contributed by atoms with Gasteiger partial charge in [0, 0.05) is 19.3 Å². The van der Waals surface area contributed by atoms with Crippen molar-refractivity contribution in [1.29, 1.82) is 0 Å². The third-order valence-electron chi connectivity index (χ3n) is 3.74. The van der Waals surface area contributed by atoms with Gasteiger partial charge in [0.25, 0.3) is 0 Å². The monoisotopic (exact) mass is 324 g/mol. The number of benzene rings is 2. The van der Waals surface area contributed by atoms with Gasteiger partial charge >= 0.3 is 0 Å². The van der Waals surface area contributed by atoms with E-state index in [-0.39, 0.29) is 25.6 Å². The topological polar surface area (TPSA) is 79.2 Å². The molecule has 24 heavy (non-hydrogen) atoms. The SMILES string of the molecule is O=C(Cn1cc(NCc2cccc3ccccc23)cn1)NCCO. The zero-order valence-electron chi connectivity index (χ0n) is 13.3. The number of hydrogen-bond acceptors (Lipinski definition) is 4. The van der Waals surface area contributed by atoms with E-state index in [1.54, 1.807) is 17.1 Å². The van der Waals surface area contributed by atoms with Crippen LogP contribution in [0.15, 0.2) is 54.9 Å². The number of amides is 1. The number of rotatable bonds is 7. The van der Waals surface area contributed by atoms with Crippen molar-refractivity contribution in [2.45, 2.75) is 13.1 Å². The number of anilines is 1. The number of aliphatic hydroxyl groups is 1. The zero-order chi connectivity index (χ0) is 16.8. The van der Waals surface area contributed by atoms with Crippen molar-refractivity contribution in [2.24, 2.45) is 0 Å². The number of fused-ring (bicyclic) bond motifs is 1. The molecule has 3 N–H and O–H groups in total. The lowest BCUT2D eigenvalue weighted by Crippen LogP contribution is -2.30. The highest BCUT2D eigenvalue weighted by molar-refractivity contribution is 5.85. The van der Waals surface area contributed by atoms with E-state index in [0.29, 0.717) is 6.54 Å². The molecule has 3 aromatic rings. The summed E-state index contributed by atoms with van der Waals surface area (Å²) in [6.07, 6.45) is 3.49. The second-order valence-electron chi connectivity index (χ2n) is 5.49. The minimum atomic E-state index is -0.173. The van der Waals surface area contributed by atoms with Crippen molar-refractivity contribution in [1.82, 2.24) is 15.1 Å². The number of hydrogen-bond donors (Lipinski definition) is 3. The Morgan fingerprint density at radius 2 is 2.00 bits per heavy atom. The second kappa shape index (κ2) is 7.61. The molecule has 0 atom stereocenters. The Labute approximate surface area is 140 Å². The molecule has 0 bridgehead atoms. The Hall–Kier alpha value is -2.86. The Morgan fingerprint density at radius 1 is 1.17 bits per heavy atom. The van der Waals surface area contributed by atoms with E-state index in [2.05, 4.69) is 40.0 Å². The minimum Gasteiger partial charge on any atom is -0.395 e. The van der Waals surface area contributed by atoms with Crippen molar-refractivity contribution in [3.8, 4) is 0 Å². The molecule has 6 nitrogen and oxygen atoms in total. The lowest BCUT2D eigenvalue weighted by molar-refractivity contribution is -0.122. The Balaban J connectivity index is 1.62. The molecule has 0 aliphatic heterocycles. The van der Waals surface area contributed by atoms with Crippen LogP contribution in [0.1, 0.15) is 5.56 Å². The van der Waals surface area contributed by atoms with Crippen molar-refractivity contribution in [3.05, 3.63) is 60.4 Å². The molecule has 3 rings (SSSR count). The molecule has 2 aromatic carbocycles. The number of nitrogens with one attached hydrogen (secondary N) is 2. The van der Waals surface area contributed by atoms with Crippen LogP contribution in [0.5, 0.6) is 0 Å². The molecule has 0 saturated heterocycles. The van der Waals surface area contributed by atoms with Crippen LogP contribution in [0.25, 0.3) is 10.8 Å². The largest absolute Gasteiger partial charge is 0.395 e. The van der Waals surface area contributed by atoms with Crippen LogP contribution in [0, 0.1) is 0 Å². The van der Waals surface area contributed by atoms with Crippen molar-refractivity contribution >= 4 is 22.4 Å². The van der Waals surface area contributed by atoms with E-state index >= 15 is 0 Å². The van der Waals surface area contributed by atoms with Gasteiger partial charge < -0.3 is 15.7 Å². The standard InChI is InChI=1S/C18H20N4O2/c23-9-8-19-18(24)13-22-12-16(11-21-22)20-10-15-6-3-5-14-4-1-2-7-17(14)15/h1-7,11-12,20,23H,8-10,13H2,(H,19,24). The molecule has 0 aliphatic rings. The molecule has 0 radical (unpaired) electrons. The second-order valence-corrected chi connectivity index (χ2v) is 5.49. The fourth-order valence-corrected chi connectivity index (χ4v) is 2.58. The maximum Gasteiger partial charge on any atom is 0.241 e. The van der Waals surface area contributed by atoms with Gasteiger partial charge in [-0.15, -0.1) is 0 Å². The highest BCUT2D eigenvalue weighted by atomic mass is 16.3. The fourth-order valence-electron chi connectivity index (χ4n) is 2.58. The van der Waals surface area contributed by atoms with Gasteiger partial charge in [-0.2, -0.15) is 5.10 Å². The van der Waals surface area contributed by atoms with Crippen LogP contribution in [-0.4, -0.2) is 33.9 Å². The maximum atomic E-state index is 11.6. The summed E-state index contributed by atoms with van der Waals surface area (Å²) in [7, 11) is 0. The van der Waals surface area contributed by atoms with Gasteiger partial charge in [-0.25, -0.2) is 0 Å². The summed E-state index contributed by atoms with van der Waals surface area (Å²) in [5.74, 6) is -0.173. The number of carbonyl (C=O) groups is 1. The van der Waals surface area contributed by atoms with E-state index in [1.807, 2.05) is 18.2 Å². The molecule has 0 spiro atoms. The van der Waals surface area contributed by atoms with Gasteiger partial charge in [-0.05, 0) is 16.3 Å². The first-order valence-electron chi connectivity index (χ1n) is 7.87. The smallest absolute Gasteiger partial charge is 0.241 e. The zero-order valence-corrected chi connectivity index (χ0v) is 13.3. The first-order valence-corrected chi connectivity index (χ1v) is 7.87. The molecule has 124 valence electrons. The number of aromatic nitrogens is 2. The molecule has 0 saturated carbocycles. The van der Waals surface area contributed by atoms with E-state index in [9.17, 15) is 4.79 Å². The predicted molar refractivity (Wildman–Crippen MR) is 93.6 cm³/mol. The van der Waals surface area contributed by atoms with Crippen LogP contribution in [0.4, 0.5) is 5.69 Å². The Kier molecular flexibility index (Phi) is 5.08. The molecule has 1 amide bonds. The molecule has 0 aliphatic carbocycles. The average molecular weight is 324 g/mol. The summed E-state index contributed by atoms with van der Waals surface area (Å²) in [5.41, 5.74) is 2.07. The summed E-state index contributed by atoms with van der Waals surface area (Å²) >= 11 is 0. The third-order valence-corrected chi connectivity index (χ3v) is 3.74. The predicted octanol–water partition coefficient (Wildman–Crippen LogP) is 1.76. The first kappa shape index (κ1) is 16.0. The molecule has 1 aromatic heterocycles. The minimum absolute atomic E-state index is 0.0668. The normalized spacial score (nSPS) is 10.7. The van der Waals surface area contributed by atoms with Crippen molar-refractivity contribution in [3.63, 3.8) is 0 Å². The van der Waals surface area contributed by atoms with E-state index in [4.69, 9.17) is 5.11 Å². The molecule has 0 unspecified atom stereocenters. The fraction of sp³-hybridized carbons (Fsp3) is 0.222. The molecule has 1 heterocycles. The summed E-state index contributed by atoms with van der Waals surface area (Å²) in [5, 5.41) is 21.2. The van der Waals surface area contributed by atoms with Crippen LogP contribution in [0.2, 0.25) is 0 Å². The highest BCUT2D eigenvalue weighted by Crippen LogP contribution is 2.19. The quantitative estimate of drug-likeness (QED) is 0.619. The van der Waals surface area contributed by atoms with Crippen LogP contribution < -0.4 is 10.6 Å². The Morgan fingerprint density at radius 3 is 2.88 bits per heavy atom. The van der Waals surface area contributed by atoms with Crippen molar-refractivity contribution < 1.29 is 9.90 Å². The van der Waals surface area contributed by atoms with Crippen LogP contribution in [-0.2, 0) is 17.9 Å². The van der Waals surface area contributed by atoms with Crippen LogP contribution >= 0.6 is 0 Å². The summed E-state index contributed by atoms with van der Waals surface area (Å²) in [4.78, 5) is 11.6. The summed E-state index contributed by atoms with van der Waals surface area (Å²) in [6.45, 7) is 1.01. The first-order chi connectivity index (χ1) is 11.8. The van der Waals surface area contributed by atoms with Gasteiger partial charge in [0.05, 0.1) is 18.5 Å². The number of aliphatic hydroxyl groups excluding tert-OH is 1. The Bertz CT molecular complexity index is 823. The molecule has 6 heteroatoms. The van der Waals surface area contributed by atoms with Gasteiger partial charge in [0.15, 0.2) is 0 Å². The van der Waals surface area contributed by atoms with Gasteiger partial charge in [-0.3, -0.25) is 9.48 Å². The van der Waals surface area contributed by atoms with E-state index in [1.165, 1.54) is 16.3 Å². The maximum absolute atomic E-state index is 11.6. The lowest BCUT2D eigenvalue weighted by atomic mass is 10.0. The molecule has 0 fully saturated rings. The lowest BCUT2D eigenvalue weighted by Gasteiger charge is -2.07. The van der Waals surface area contributed by atoms with Gasteiger partial charge in [0.1, 0.15) is 6.54 Å². The number of carbonyl (C=O) groups excluding carboxylic acids is 1. The van der Waals surface area contributed by atoms with Gasteiger partial charge in [0.2, 0.25) is 5.91 Å². The van der Waals surface area contributed by atoms with Crippen molar-refractivity contribution in [2.75, 3.05) is 18.5 Å². The number of nitrogens with zero attached hydrogens (tertiary/aromatic N) is 2. The van der Waals surface area contributed by atoms with E-state index in [0.717, 1.165) is 5.69 Å². The van der Waals surface area contributed by atoms with Gasteiger partial charge in [-0.1, -0.05) is 42.5 Å². The average Bonchev–Trinajstić information content (AvgIpc) is 3.05. The van der Waals surface area contributed by atoms with Crippen LogP contribution in [0.3, 0.4) is 0 Å². The highest BCUT2D eigenvalue weighted by Gasteiger charge is 2.05. The molecular weight excluding hydrogens is 304 g/mol. The summed E-state index contributed by atoms with van der Waals surface area (Å²) < 4.78 is 1.57. The molecular formula is C18H20N4O2. The third kappa shape index (κ3) is 3.91. The summed E-state index contributed by atoms with van der Waals surface area (Å²) in [6, 6.07) is 14.5. The van der Waals surface area contributed by atoms with E-state index < -0.39 is 0 Å².